The van der Waals surface area contributed by atoms with Crippen LogP contribution in [-0.4, -0.2) is 42.4 Å². The van der Waals surface area contributed by atoms with Crippen molar-refractivity contribution < 1.29 is 0 Å². The molecule has 3 heterocycles. The number of aromatic nitrogens is 2. The molecule has 0 unspecified atom stereocenters. The Hall–Kier alpha value is -2.63. The number of hydrazone groups is 1. The highest BCUT2D eigenvalue weighted by molar-refractivity contribution is 5.80. The molecular weight excluding hydrogens is 348 g/mol. The van der Waals surface area contributed by atoms with E-state index >= 15 is 0 Å². The van der Waals surface area contributed by atoms with Gasteiger partial charge in [0.1, 0.15) is 5.82 Å². The van der Waals surface area contributed by atoms with Gasteiger partial charge in [0.15, 0.2) is 5.82 Å². The van der Waals surface area contributed by atoms with Crippen molar-refractivity contribution in [2.45, 2.75) is 45.4 Å². The lowest BCUT2D eigenvalue weighted by Gasteiger charge is -2.31. The molecule has 0 saturated carbocycles. The number of nitrogens with one attached hydrogen (secondary N) is 1. The number of rotatable bonds is 5. The molecule has 0 spiro atoms. The highest BCUT2D eigenvalue weighted by atomic mass is 15.4. The molecule has 148 valence electrons. The topological polar surface area (TPSA) is 56.7 Å². The molecule has 2 aromatic rings. The molecule has 1 N–H and O–H groups in total. The van der Waals surface area contributed by atoms with Gasteiger partial charge in [-0.05, 0) is 51.0 Å². The number of nitrogens with zero attached hydrogens (tertiary/aromatic N) is 5. The highest BCUT2D eigenvalue weighted by Crippen LogP contribution is 2.25. The standard InChI is InChI=1S/C22H30N6/c1-18-8-10-19(11-9-18)17-23-26-20-16-21(27-12-4-2-5-13-27)25-22(24-20)28-14-6-3-7-15-28/h8-11,16-17H,2-7,12-15H2,1H3,(H,24,25,26). The van der Waals surface area contributed by atoms with E-state index in [1.165, 1.54) is 44.1 Å². The summed E-state index contributed by atoms with van der Waals surface area (Å²) in [5.74, 6) is 2.61. The Morgan fingerprint density at radius 2 is 1.50 bits per heavy atom. The minimum absolute atomic E-state index is 0.763. The van der Waals surface area contributed by atoms with Gasteiger partial charge >= 0.3 is 0 Å². The number of hydrogen-bond donors (Lipinski definition) is 1. The molecule has 0 bridgehead atoms. The van der Waals surface area contributed by atoms with E-state index < -0.39 is 0 Å². The fourth-order valence-corrected chi connectivity index (χ4v) is 3.83. The van der Waals surface area contributed by atoms with Gasteiger partial charge in [-0.3, -0.25) is 5.43 Å². The maximum Gasteiger partial charge on any atom is 0.229 e. The molecule has 6 heteroatoms. The molecule has 6 nitrogen and oxygen atoms in total. The fourth-order valence-electron chi connectivity index (χ4n) is 3.83. The van der Waals surface area contributed by atoms with Crippen LogP contribution in [0, 0.1) is 6.92 Å². The van der Waals surface area contributed by atoms with Crippen LogP contribution in [0.4, 0.5) is 17.6 Å². The van der Waals surface area contributed by atoms with Gasteiger partial charge in [-0.2, -0.15) is 15.1 Å². The summed E-state index contributed by atoms with van der Waals surface area (Å²) < 4.78 is 0. The lowest BCUT2D eigenvalue weighted by molar-refractivity contribution is 0.561. The van der Waals surface area contributed by atoms with Gasteiger partial charge in [0.2, 0.25) is 5.95 Å². The largest absolute Gasteiger partial charge is 0.356 e. The zero-order chi connectivity index (χ0) is 19.2. The second kappa shape index (κ2) is 9.04. The maximum atomic E-state index is 4.91. The van der Waals surface area contributed by atoms with Gasteiger partial charge in [-0.25, -0.2) is 0 Å². The van der Waals surface area contributed by atoms with Crippen LogP contribution in [0.5, 0.6) is 0 Å². The molecule has 4 rings (SSSR count). The maximum absolute atomic E-state index is 4.91. The zero-order valence-corrected chi connectivity index (χ0v) is 16.8. The minimum Gasteiger partial charge on any atom is -0.356 e. The summed E-state index contributed by atoms with van der Waals surface area (Å²) in [4.78, 5) is 14.4. The van der Waals surface area contributed by atoms with E-state index in [9.17, 15) is 0 Å². The predicted molar refractivity (Wildman–Crippen MR) is 117 cm³/mol. The monoisotopic (exact) mass is 378 g/mol. The van der Waals surface area contributed by atoms with Crippen molar-refractivity contribution in [2.24, 2.45) is 5.10 Å². The van der Waals surface area contributed by atoms with Crippen molar-refractivity contribution in [1.82, 2.24) is 9.97 Å². The van der Waals surface area contributed by atoms with Gasteiger partial charge in [-0.15, -0.1) is 0 Å². The minimum atomic E-state index is 0.763. The first-order valence-corrected chi connectivity index (χ1v) is 10.5. The van der Waals surface area contributed by atoms with Crippen LogP contribution >= 0.6 is 0 Å². The van der Waals surface area contributed by atoms with Crippen molar-refractivity contribution in [3.05, 3.63) is 41.5 Å². The van der Waals surface area contributed by atoms with E-state index in [-0.39, 0.29) is 0 Å². The third-order valence-corrected chi connectivity index (χ3v) is 5.49. The third kappa shape index (κ3) is 4.80. The van der Waals surface area contributed by atoms with E-state index in [4.69, 9.17) is 9.97 Å². The average molecular weight is 379 g/mol. The first-order chi connectivity index (χ1) is 13.8. The second-order valence-corrected chi connectivity index (χ2v) is 7.79. The summed E-state index contributed by atoms with van der Waals surface area (Å²) in [6, 6.07) is 10.4. The van der Waals surface area contributed by atoms with Crippen molar-refractivity contribution in [3.63, 3.8) is 0 Å². The molecule has 1 aromatic carbocycles. The van der Waals surface area contributed by atoms with E-state index in [1.54, 1.807) is 0 Å². The van der Waals surface area contributed by atoms with Crippen molar-refractivity contribution >= 4 is 23.8 Å². The lowest BCUT2D eigenvalue weighted by Crippen LogP contribution is -2.33. The predicted octanol–water partition coefficient (Wildman–Crippen LogP) is 4.21. The molecule has 1 aromatic heterocycles. The van der Waals surface area contributed by atoms with E-state index in [0.29, 0.717) is 0 Å². The van der Waals surface area contributed by atoms with Gasteiger partial charge < -0.3 is 9.80 Å². The first kappa shape index (κ1) is 18.7. The van der Waals surface area contributed by atoms with Crippen molar-refractivity contribution in [2.75, 3.05) is 41.4 Å². The summed E-state index contributed by atoms with van der Waals surface area (Å²) in [6.07, 6.45) is 9.34. The Kier molecular flexibility index (Phi) is 6.04. The van der Waals surface area contributed by atoms with Crippen molar-refractivity contribution in [3.8, 4) is 0 Å². The second-order valence-electron chi connectivity index (χ2n) is 7.79. The molecule has 2 aliphatic rings. The molecular formula is C22H30N6. The number of aryl methyl sites for hydroxylation is 1. The smallest absolute Gasteiger partial charge is 0.229 e. The van der Waals surface area contributed by atoms with Crippen LogP contribution in [0.3, 0.4) is 0 Å². The third-order valence-electron chi connectivity index (χ3n) is 5.49. The van der Waals surface area contributed by atoms with Gasteiger partial charge in [0, 0.05) is 32.2 Å². The number of benzene rings is 1. The molecule has 0 radical (unpaired) electrons. The number of piperidine rings is 2. The van der Waals surface area contributed by atoms with Crippen LogP contribution in [-0.2, 0) is 0 Å². The normalized spacial score (nSPS) is 17.9. The summed E-state index contributed by atoms with van der Waals surface area (Å²) in [5, 5.41) is 4.41. The fraction of sp³-hybridized carbons (Fsp3) is 0.500. The Bertz CT molecular complexity index is 753. The van der Waals surface area contributed by atoms with Crippen LogP contribution in [0.1, 0.15) is 49.7 Å². The summed E-state index contributed by atoms with van der Waals surface area (Å²) in [6.45, 7) is 6.31. The van der Waals surface area contributed by atoms with E-state index in [1.807, 2.05) is 12.3 Å². The molecule has 0 atom stereocenters. The number of hydrogen-bond acceptors (Lipinski definition) is 6. The first-order valence-electron chi connectivity index (χ1n) is 10.5. The molecule has 2 fully saturated rings. The summed E-state index contributed by atoms with van der Waals surface area (Å²) >= 11 is 0. The van der Waals surface area contributed by atoms with Crippen LogP contribution in [0.15, 0.2) is 35.4 Å². The molecule has 0 amide bonds. The lowest BCUT2D eigenvalue weighted by atomic mass is 10.1. The quantitative estimate of drug-likeness (QED) is 0.624. The average Bonchev–Trinajstić information content (AvgIpc) is 2.76. The van der Waals surface area contributed by atoms with Crippen molar-refractivity contribution in [1.29, 1.82) is 0 Å². The Balaban J connectivity index is 1.54. The molecule has 0 aliphatic carbocycles. The number of anilines is 3. The SMILES string of the molecule is Cc1ccc(C=NNc2cc(N3CCCCC3)nc(N3CCCCC3)n2)cc1. The Labute approximate surface area is 167 Å². The Morgan fingerprint density at radius 1 is 0.857 bits per heavy atom. The molecule has 2 saturated heterocycles. The Morgan fingerprint density at radius 3 is 2.18 bits per heavy atom. The van der Waals surface area contributed by atoms with Gasteiger partial charge in [0.05, 0.1) is 6.21 Å². The molecule has 2 aliphatic heterocycles. The van der Waals surface area contributed by atoms with Crippen LogP contribution in [0.2, 0.25) is 0 Å². The summed E-state index contributed by atoms with van der Waals surface area (Å²) in [5.41, 5.74) is 5.45. The molecule has 28 heavy (non-hydrogen) atoms. The van der Waals surface area contributed by atoms with Crippen LogP contribution < -0.4 is 15.2 Å². The highest BCUT2D eigenvalue weighted by Gasteiger charge is 2.19. The van der Waals surface area contributed by atoms with Gasteiger partial charge in [0.25, 0.3) is 0 Å². The van der Waals surface area contributed by atoms with E-state index in [0.717, 1.165) is 49.3 Å². The van der Waals surface area contributed by atoms with Crippen LogP contribution in [0.25, 0.3) is 0 Å². The summed E-state index contributed by atoms with van der Waals surface area (Å²) in [7, 11) is 0. The zero-order valence-electron chi connectivity index (χ0n) is 16.8. The van der Waals surface area contributed by atoms with E-state index in [2.05, 4.69) is 51.5 Å². The van der Waals surface area contributed by atoms with Gasteiger partial charge in [-0.1, -0.05) is 29.8 Å².